The fraction of sp³-hybridized carbons (Fsp3) is 0.375. The van der Waals surface area contributed by atoms with Crippen LogP contribution >= 0.6 is 11.6 Å². The molecule has 0 aliphatic heterocycles. The molecule has 0 saturated heterocycles. The van der Waals surface area contributed by atoms with Crippen LogP contribution in [0.4, 0.5) is 0 Å². The van der Waals surface area contributed by atoms with Gasteiger partial charge in [-0.2, -0.15) is 5.10 Å². The molecule has 21 heavy (non-hydrogen) atoms. The molecule has 3 aromatic rings. The average Bonchev–Trinajstić information content (AvgIpc) is 3.04. The first kappa shape index (κ1) is 14.1. The lowest BCUT2D eigenvalue weighted by molar-refractivity contribution is 0.660. The van der Waals surface area contributed by atoms with E-state index in [9.17, 15) is 0 Å². The lowest BCUT2D eigenvalue weighted by Gasteiger charge is -2.10. The van der Waals surface area contributed by atoms with Crippen molar-refractivity contribution in [1.29, 1.82) is 0 Å². The van der Waals surface area contributed by atoms with Gasteiger partial charge in [0.1, 0.15) is 11.3 Å². The quantitative estimate of drug-likeness (QED) is 0.686. The number of fused-ring (bicyclic) bond motifs is 1. The number of aromatic nitrogens is 4. The summed E-state index contributed by atoms with van der Waals surface area (Å²) in [5.41, 5.74) is 5.31. The third-order valence-electron chi connectivity index (χ3n) is 3.78. The number of aryl methyl sites for hydroxylation is 3. The number of hydrogen-bond acceptors (Lipinski definition) is 2. The fourth-order valence-electron chi connectivity index (χ4n) is 2.71. The fourth-order valence-corrected chi connectivity index (χ4v) is 2.89. The molecule has 1 aromatic carbocycles. The van der Waals surface area contributed by atoms with Crippen molar-refractivity contribution in [3.05, 3.63) is 41.3 Å². The highest BCUT2D eigenvalue weighted by Crippen LogP contribution is 2.25. The minimum absolute atomic E-state index is 0.383. The molecule has 3 rings (SSSR count). The van der Waals surface area contributed by atoms with Gasteiger partial charge in [0.15, 0.2) is 5.65 Å². The first-order valence-corrected chi connectivity index (χ1v) is 7.83. The SMILES string of the molecule is CCc1cccc(-n2c(CCl)nc3c(C)nn(CC)c32)c1. The summed E-state index contributed by atoms with van der Waals surface area (Å²) in [5, 5.41) is 4.56. The number of rotatable bonds is 4. The summed E-state index contributed by atoms with van der Waals surface area (Å²) in [7, 11) is 0. The number of hydrogen-bond donors (Lipinski definition) is 0. The summed E-state index contributed by atoms with van der Waals surface area (Å²) >= 11 is 6.12. The van der Waals surface area contributed by atoms with Crippen molar-refractivity contribution >= 4 is 22.8 Å². The van der Waals surface area contributed by atoms with Crippen LogP contribution < -0.4 is 0 Å². The van der Waals surface area contributed by atoms with Crippen LogP contribution in [0.25, 0.3) is 16.9 Å². The van der Waals surface area contributed by atoms with Crippen molar-refractivity contribution in [3.63, 3.8) is 0 Å². The molecule has 0 amide bonds. The zero-order chi connectivity index (χ0) is 15.0. The highest BCUT2D eigenvalue weighted by atomic mass is 35.5. The molecule has 0 saturated carbocycles. The van der Waals surface area contributed by atoms with Crippen molar-refractivity contribution in [2.24, 2.45) is 0 Å². The van der Waals surface area contributed by atoms with Gasteiger partial charge in [0.2, 0.25) is 0 Å². The second kappa shape index (κ2) is 5.53. The maximum Gasteiger partial charge on any atom is 0.163 e. The summed E-state index contributed by atoms with van der Waals surface area (Å²) in [6.07, 6.45) is 1.01. The number of halogens is 1. The first-order valence-electron chi connectivity index (χ1n) is 7.29. The summed E-state index contributed by atoms with van der Waals surface area (Å²) < 4.78 is 4.12. The summed E-state index contributed by atoms with van der Waals surface area (Å²) in [5.74, 6) is 1.25. The van der Waals surface area contributed by atoms with Crippen LogP contribution in [0.3, 0.4) is 0 Å². The van der Waals surface area contributed by atoms with Crippen molar-refractivity contribution < 1.29 is 0 Å². The maximum atomic E-state index is 6.12. The van der Waals surface area contributed by atoms with E-state index in [0.717, 1.165) is 41.3 Å². The molecule has 0 unspecified atom stereocenters. The normalized spacial score (nSPS) is 11.4. The van der Waals surface area contributed by atoms with Crippen LogP contribution in [0.1, 0.15) is 30.9 Å². The average molecular weight is 303 g/mol. The van der Waals surface area contributed by atoms with Crippen LogP contribution in [-0.2, 0) is 18.8 Å². The second-order valence-corrected chi connectivity index (χ2v) is 5.36. The van der Waals surface area contributed by atoms with Gasteiger partial charge in [-0.15, -0.1) is 11.6 Å². The van der Waals surface area contributed by atoms with Gasteiger partial charge in [0.25, 0.3) is 0 Å². The third-order valence-corrected chi connectivity index (χ3v) is 4.02. The van der Waals surface area contributed by atoms with E-state index in [1.807, 2.05) is 11.6 Å². The maximum absolute atomic E-state index is 6.12. The molecular formula is C16H19ClN4. The predicted octanol–water partition coefficient (Wildman–Crippen LogP) is 3.85. The monoisotopic (exact) mass is 302 g/mol. The van der Waals surface area contributed by atoms with Crippen LogP contribution in [-0.4, -0.2) is 19.3 Å². The molecular weight excluding hydrogens is 284 g/mol. The standard InChI is InChI=1S/C16H19ClN4/c1-4-12-7-6-8-13(9-12)21-14(10-17)18-15-11(3)19-20(5-2)16(15)21/h6-9H,4-5,10H2,1-3H3. The second-order valence-electron chi connectivity index (χ2n) is 5.09. The Bertz CT molecular complexity index is 785. The molecule has 0 N–H and O–H groups in total. The van der Waals surface area contributed by atoms with Gasteiger partial charge < -0.3 is 0 Å². The largest absolute Gasteiger partial charge is 0.280 e. The molecule has 0 aliphatic carbocycles. The summed E-state index contributed by atoms with van der Waals surface area (Å²) in [6, 6.07) is 8.51. The van der Waals surface area contributed by atoms with Gasteiger partial charge >= 0.3 is 0 Å². The van der Waals surface area contributed by atoms with E-state index >= 15 is 0 Å². The Labute approximate surface area is 129 Å². The molecule has 4 nitrogen and oxygen atoms in total. The van der Waals surface area contributed by atoms with E-state index < -0.39 is 0 Å². The van der Waals surface area contributed by atoms with Crippen molar-refractivity contribution in [2.75, 3.05) is 0 Å². The summed E-state index contributed by atoms with van der Waals surface area (Å²) in [6.45, 7) is 7.05. The smallest absolute Gasteiger partial charge is 0.163 e. The summed E-state index contributed by atoms with van der Waals surface area (Å²) in [4.78, 5) is 4.68. The van der Waals surface area contributed by atoms with Gasteiger partial charge in [-0.1, -0.05) is 19.1 Å². The number of imidazole rings is 1. The highest BCUT2D eigenvalue weighted by Gasteiger charge is 2.18. The Morgan fingerprint density at radius 1 is 1.24 bits per heavy atom. The zero-order valence-electron chi connectivity index (χ0n) is 12.6. The van der Waals surface area contributed by atoms with E-state index in [-0.39, 0.29) is 0 Å². The van der Waals surface area contributed by atoms with Gasteiger partial charge in [-0.3, -0.25) is 4.57 Å². The zero-order valence-corrected chi connectivity index (χ0v) is 13.4. The Balaban J connectivity index is 2.33. The number of benzene rings is 1. The predicted molar refractivity (Wildman–Crippen MR) is 86.2 cm³/mol. The van der Waals surface area contributed by atoms with Crippen molar-refractivity contribution in [1.82, 2.24) is 19.3 Å². The van der Waals surface area contributed by atoms with E-state index in [2.05, 4.69) is 52.8 Å². The van der Waals surface area contributed by atoms with Crippen molar-refractivity contribution in [3.8, 4) is 5.69 Å². The molecule has 0 aliphatic rings. The van der Waals surface area contributed by atoms with E-state index in [0.29, 0.717) is 5.88 Å². The molecule has 2 aromatic heterocycles. The molecule has 0 atom stereocenters. The third kappa shape index (κ3) is 2.23. The topological polar surface area (TPSA) is 35.6 Å². The minimum atomic E-state index is 0.383. The Morgan fingerprint density at radius 2 is 2.05 bits per heavy atom. The first-order chi connectivity index (χ1) is 10.2. The van der Waals surface area contributed by atoms with Crippen LogP contribution in [0.5, 0.6) is 0 Å². The Hall–Kier alpha value is -1.81. The molecule has 5 heteroatoms. The van der Waals surface area contributed by atoms with E-state index in [1.54, 1.807) is 0 Å². The van der Waals surface area contributed by atoms with Gasteiger partial charge in [0, 0.05) is 12.2 Å². The molecule has 0 fully saturated rings. The Morgan fingerprint density at radius 3 is 2.71 bits per heavy atom. The van der Waals surface area contributed by atoms with Crippen molar-refractivity contribution in [2.45, 2.75) is 39.6 Å². The van der Waals surface area contributed by atoms with E-state index in [4.69, 9.17) is 11.6 Å². The molecule has 0 spiro atoms. The molecule has 0 radical (unpaired) electrons. The lowest BCUT2D eigenvalue weighted by Crippen LogP contribution is -2.06. The van der Waals surface area contributed by atoms with Crippen LogP contribution in [0.15, 0.2) is 24.3 Å². The highest BCUT2D eigenvalue weighted by molar-refractivity contribution is 6.17. The minimum Gasteiger partial charge on any atom is -0.280 e. The van der Waals surface area contributed by atoms with Gasteiger partial charge in [-0.05, 0) is 38.0 Å². The molecule has 0 bridgehead atoms. The lowest BCUT2D eigenvalue weighted by atomic mass is 10.1. The number of nitrogens with zero attached hydrogens (tertiary/aromatic N) is 4. The van der Waals surface area contributed by atoms with Gasteiger partial charge in [-0.25, -0.2) is 9.67 Å². The Kier molecular flexibility index (Phi) is 3.72. The van der Waals surface area contributed by atoms with E-state index in [1.165, 1.54) is 5.56 Å². The number of alkyl halides is 1. The van der Waals surface area contributed by atoms with Gasteiger partial charge in [0.05, 0.1) is 11.6 Å². The molecule has 2 heterocycles. The van der Waals surface area contributed by atoms with Crippen LogP contribution in [0.2, 0.25) is 0 Å². The van der Waals surface area contributed by atoms with Crippen LogP contribution in [0, 0.1) is 6.92 Å². The molecule has 110 valence electrons.